The summed E-state index contributed by atoms with van der Waals surface area (Å²) in [7, 11) is 1.45. The van der Waals surface area contributed by atoms with Crippen LogP contribution in [0.4, 0.5) is 10.1 Å². The molecule has 3 rings (SSSR count). The molecule has 2 N–H and O–H groups in total. The number of nitrogens with zero attached hydrogens (tertiary/aromatic N) is 1. The van der Waals surface area contributed by atoms with Gasteiger partial charge in [-0.1, -0.05) is 11.6 Å². The lowest BCUT2D eigenvalue weighted by Gasteiger charge is -2.32. The Morgan fingerprint density at radius 2 is 1.93 bits per heavy atom. The van der Waals surface area contributed by atoms with E-state index >= 15 is 0 Å². The van der Waals surface area contributed by atoms with Crippen LogP contribution in [0.5, 0.6) is 5.75 Å². The van der Waals surface area contributed by atoms with E-state index in [-0.39, 0.29) is 40.9 Å². The second-order valence-corrected chi connectivity index (χ2v) is 6.94. The van der Waals surface area contributed by atoms with Crippen molar-refractivity contribution in [1.29, 1.82) is 0 Å². The molecule has 0 spiro atoms. The molecule has 5 nitrogen and oxygen atoms in total. The smallest absolute Gasteiger partial charge is 0.257 e. The average molecular weight is 427 g/mol. The minimum Gasteiger partial charge on any atom is -0.496 e. The standard InChI is InChI=1S/C20H20ClFN2O3.ClH/c1-27-18-10-17(23)16(21)9-15(18)20(26)24-8-2-3-13(11-24)19(25)12-4-6-14(22)7-5-12;/h4-7,9-10,13H,2-3,8,11,23H2,1H3;1H. The Hall–Kier alpha value is -2.31. The van der Waals surface area contributed by atoms with Gasteiger partial charge in [-0.3, -0.25) is 9.59 Å². The van der Waals surface area contributed by atoms with E-state index in [1.54, 1.807) is 4.90 Å². The van der Waals surface area contributed by atoms with Gasteiger partial charge in [0.15, 0.2) is 5.78 Å². The van der Waals surface area contributed by atoms with Crippen molar-refractivity contribution in [2.24, 2.45) is 5.92 Å². The Labute approximate surface area is 174 Å². The average Bonchev–Trinajstić information content (AvgIpc) is 2.69. The summed E-state index contributed by atoms with van der Waals surface area (Å²) in [6.45, 7) is 0.831. The number of hydrogen-bond donors (Lipinski definition) is 1. The molecule has 1 aliphatic heterocycles. The van der Waals surface area contributed by atoms with Crippen molar-refractivity contribution >= 4 is 41.4 Å². The fourth-order valence-electron chi connectivity index (χ4n) is 3.30. The number of halogens is 3. The van der Waals surface area contributed by atoms with Crippen molar-refractivity contribution in [2.45, 2.75) is 12.8 Å². The Morgan fingerprint density at radius 3 is 2.57 bits per heavy atom. The Morgan fingerprint density at radius 1 is 1.25 bits per heavy atom. The number of hydrogen-bond acceptors (Lipinski definition) is 4. The predicted octanol–water partition coefficient (Wildman–Crippen LogP) is 4.23. The third-order valence-electron chi connectivity index (χ3n) is 4.76. The normalized spacial score (nSPS) is 16.2. The molecule has 8 heteroatoms. The molecule has 2 aromatic carbocycles. The highest BCUT2D eigenvalue weighted by Gasteiger charge is 2.30. The molecule has 150 valence electrons. The molecule has 0 aromatic heterocycles. The van der Waals surface area contributed by atoms with Gasteiger partial charge in [-0.05, 0) is 43.2 Å². The number of ketones is 1. The largest absolute Gasteiger partial charge is 0.496 e. The SMILES string of the molecule is COc1cc(N)c(Cl)cc1C(=O)N1CCCC(C(=O)c2ccc(F)cc2)C1.Cl. The molecule has 28 heavy (non-hydrogen) atoms. The molecular weight excluding hydrogens is 406 g/mol. The van der Waals surface area contributed by atoms with Gasteiger partial charge < -0.3 is 15.4 Å². The number of likely N-dealkylation sites (tertiary alicyclic amines) is 1. The first-order chi connectivity index (χ1) is 12.9. The van der Waals surface area contributed by atoms with Crippen molar-refractivity contribution < 1.29 is 18.7 Å². The van der Waals surface area contributed by atoms with Gasteiger partial charge in [-0.2, -0.15) is 0 Å². The molecule has 0 aliphatic carbocycles. The molecule has 2 aromatic rings. The molecule has 1 fully saturated rings. The lowest BCUT2D eigenvalue weighted by molar-refractivity contribution is 0.0634. The Bertz CT molecular complexity index is 874. The molecule has 1 unspecified atom stereocenters. The van der Waals surface area contributed by atoms with E-state index in [1.165, 1.54) is 43.5 Å². The molecule has 0 saturated carbocycles. The first-order valence-electron chi connectivity index (χ1n) is 8.62. The van der Waals surface area contributed by atoms with Crippen molar-refractivity contribution in [2.75, 3.05) is 25.9 Å². The second-order valence-electron chi connectivity index (χ2n) is 6.54. The number of benzene rings is 2. The zero-order valence-corrected chi connectivity index (χ0v) is 16.9. The molecule has 1 atom stereocenters. The van der Waals surface area contributed by atoms with Gasteiger partial charge in [-0.15, -0.1) is 12.4 Å². The number of nitrogens with two attached hydrogens (primary N) is 1. The summed E-state index contributed by atoms with van der Waals surface area (Å²) < 4.78 is 18.3. The van der Waals surface area contributed by atoms with E-state index in [1.807, 2.05) is 0 Å². The van der Waals surface area contributed by atoms with E-state index in [0.717, 1.165) is 0 Å². The third-order valence-corrected chi connectivity index (χ3v) is 5.08. The van der Waals surface area contributed by atoms with Crippen molar-refractivity contribution in [3.8, 4) is 5.75 Å². The number of anilines is 1. The molecule has 1 amide bonds. The fraction of sp³-hybridized carbons (Fsp3) is 0.300. The van der Waals surface area contributed by atoms with Crippen LogP contribution in [0.15, 0.2) is 36.4 Å². The fourth-order valence-corrected chi connectivity index (χ4v) is 3.46. The molecule has 0 bridgehead atoms. The number of rotatable bonds is 4. The summed E-state index contributed by atoms with van der Waals surface area (Å²) in [4.78, 5) is 27.3. The molecule has 1 saturated heterocycles. The summed E-state index contributed by atoms with van der Waals surface area (Å²) in [6.07, 6.45) is 1.38. The van der Waals surface area contributed by atoms with Gasteiger partial charge in [0.25, 0.3) is 5.91 Å². The van der Waals surface area contributed by atoms with Crippen LogP contribution >= 0.6 is 24.0 Å². The van der Waals surface area contributed by atoms with E-state index in [9.17, 15) is 14.0 Å². The summed E-state index contributed by atoms with van der Waals surface area (Å²) in [5.74, 6) is -0.725. The van der Waals surface area contributed by atoms with Crippen LogP contribution in [0.1, 0.15) is 33.6 Å². The molecule has 0 radical (unpaired) electrons. The highest BCUT2D eigenvalue weighted by molar-refractivity contribution is 6.33. The van der Waals surface area contributed by atoms with Gasteiger partial charge in [0.1, 0.15) is 11.6 Å². The van der Waals surface area contributed by atoms with Crippen LogP contribution in [-0.4, -0.2) is 36.8 Å². The van der Waals surface area contributed by atoms with Gasteiger partial charge in [0, 0.05) is 30.6 Å². The summed E-state index contributed by atoms with van der Waals surface area (Å²) in [5, 5.41) is 0.273. The minimum atomic E-state index is -0.390. The van der Waals surface area contributed by atoms with E-state index in [4.69, 9.17) is 22.1 Å². The highest BCUT2D eigenvalue weighted by Crippen LogP contribution is 2.31. The van der Waals surface area contributed by atoms with Crippen LogP contribution < -0.4 is 10.5 Å². The van der Waals surface area contributed by atoms with E-state index < -0.39 is 0 Å². The van der Waals surface area contributed by atoms with Gasteiger partial charge >= 0.3 is 0 Å². The summed E-state index contributed by atoms with van der Waals surface area (Å²) in [6, 6.07) is 8.48. The highest BCUT2D eigenvalue weighted by atomic mass is 35.5. The van der Waals surface area contributed by atoms with Crippen molar-refractivity contribution in [1.82, 2.24) is 4.90 Å². The van der Waals surface area contributed by atoms with Crippen LogP contribution in [0, 0.1) is 11.7 Å². The number of ether oxygens (including phenoxy) is 1. The lowest BCUT2D eigenvalue weighted by Crippen LogP contribution is -2.42. The number of methoxy groups -OCH3 is 1. The first kappa shape index (κ1) is 22.0. The maximum atomic E-state index is 13.1. The van der Waals surface area contributed by atoms with Crippen LogP contribution in [-0.2, 0) is 0 Å². The monoisotopic (exact) mass is 426 g/mol. The zero-order valence-electron chi connectivity index (χ0n) is 15.3. The first-order valence-corrected chi connectivity index (χ1v) is 9.00. The van der Waals surface area contributed by atoms with Crippen molar-refractivity contribution in [3.63, 3.8) is 0 Å². The molecule has 1 aliphatic rings. The number of carbonyl (C=O) groups excluding carboxylic acids is 2. The number of Topliss-reactive ketones (excluding diaryl/α,β-unsaturated/α-hetero) is 1. The maximum absolute atomic E-state index is 13.1. The van der Waals surface area contributed by atoms with Crippen LogP contribution in [0.2, 0.25) is 5.02 Å². The lowest BCUT2D eigenvalue weighted by atomic mass is 9.89. The van der Waals surface area contributed by atoms with E-state index in [0.29, 0.717) is 48.5 Å². The Kier molecular flexibility index (Phi) is 7.27. The Balaban J connectivity index is 0.00000280. The van der Waals surface area contributed by atoms with Crippen molar-refractivity contribution in [3.05, 3.63) is 58.4 Å². The number of nitrogen functional groups attached to an aromatic ring is 1. The van der Waals surface area contributed by atoms with E-state index in [2.05, 4.69) is 0 Å². The van der Waals surface area contributed by atoms with Gasteiger partial charge in [0.05, 0.1) is 23.4 Å². The number of piperidine rings is 1. The molecular formula is C20H21Cl2FN2O3. The molecule has 1 heterocycles. The van der Waals surface area contributed by atoms with Crippen LogP contribution in [0.25, 0.3) is 0 Å². The predicted molar refractivity (Wildman–Crippen MR) is 109 cm³/mol. The number of amides is 1. The summed E-state index contributed by atoms with van der Waals surface area (Å²) in [5.41, 5.74) is 6.86. The zero-order chi connectivity index (χ0) is 19.6. The van der Waals surface area contributed by atoms with Gasteiger partial charge in [0.2, 0.25) is 0 Å². The quantitative estimate of drug-likeness (QED) is 0.586. The topological polar surface area (TPSA) is 72.6 Å². The minimum absolute atomic E-state index is 0. The van der Waals surface area contributed by atoms with Gasteiger partial charge in [-0.25, -0.2) is 4.39 Å². The number of carbonyl (C=O) groups is 2. The summed E-state index contributed by atoms with van der Waals surface area (Å²) >= 11 is 6.06. The third kappa shape index (κ3) is 4.56. The second kappa shape index (κ2) is 9.26. The maximum Gasteiger partial charge on any atom is 0.257 e. The van der Waals surface area contributed by atoms with Crippen LogP contribution in [0.3, 0.4) is 0 Å².